The van der Waals surface area contributed by atoms with Crippen LogP contribution in [-0.2, 0) is 0 Å². The van der Waals surface area contributed by atoms with Gasteiger partial charge in [-0.25, -0.2) is 0 Å². The van der Waals surface area contributed by atoms with Crippen molar-refractivity contribution < 1.29 is 9.66 Å². The first-order chi connectivity index (χ1) is 8.63. The summed E-state index contributed by atoms with van der Waals surface area (Å²) in [4.78, 5) is 10.2. The molecular formula is C13H10ClNO3. The maximum atomic E-state index is 10.7. The van der Waals surface area contributed by atoms with Crippen LogP contribution in [0.1, 0.15) is 0 Å². The van der Waals surface area contributed by atoms with E-state index in [4.69, 9.17) is 16.3 Å². The molecule has 18 heavy (non-hydrogen) atoms. The molecule has 0 bridgehead atoms. The molecular weight excluding hydrogens is 254 g/mol. The van der Waals surface area contributed by atoms with E-state index in [-0.39, 0.29) is 5.69 Å². The predicted octanol–water partition coefficient (Wildman–Crippen LogP) is 3.92. The second-order valence-electron chi connectivity index (χ2n) is 3.62. The zero-order valence-electron chi connectivity index (χ0n) is 9.59. The van der Waals surface area contributed by atoms with E-state index in [1.807, 2.05) is 18.2 Å². The summed E-state index contributed by atoms with van der Waals surface area (Å²) in [7, 11) is 1.47. The van der Waals surface area contributed by atoms with Gasteiger partial charge in [-0.1, -0.05) is 29.8 Å². The summed E-state index contributed by atoms with van der Waals surface area (Å²) in [6.07, 6.45) is 0. The Balaban J connectivity index is 2.58. The van der Waals surface area contributed by atoms with Crippen LogP contribution in [0.4, 0.5) is 5.69 Å². The van der Waals surface area contributed by atoms with Crippen molar-refractivity contribution in [1.82, 2.24) is 0 Å². The molecule has 0 aliphatic carbocycles. The number of non-ortho nitro benzene ring substituents is 1. The summed E-state index contributed by atoms with van der Waals surface area (Å²) in [5.41, 5.74) is 1.50. The standard InChI is InChI=1S/C13H10ClNO3/c1-18-13-8-9(15(16)17)6-7-11(13)10-4-2-3-5-12(10)14/h2-8H,1H3. The Morgan fingerprint density at radius 1 is 1.17 bits per heavy atom. The molecule has 0 atom stereocenters. The number of rotatable bonds is 3. The van der Waals surface area contributed by atoms with Crippen LogP contribution in [0.3, 0.4) is 0 Å². The smallest absolute Gasteiger partial charge is 0.273 e. The summed E-state index contributed by atoms with van der Waals surface area (Å²) in [5.74, 6) is 0.428. The molecule has 0 aliphatic rings. The second-order valence-corrected chi connectivity index (χ2v) is 4.03. The van der Waals surface area contributed by atoms with Crippen LogP contribution in [0.25, 0.3) is 11.1 Å². The third-order valence-electron chi connectivity index (χ3n) is 2.56. The molecule has 0 aromatic heterocycles. The van der Waals surface area contributed by atoms with Crippen molar-refractivity contribution in [2.45, 2.75) is 0 Å². The molecule has 0 fully saturated rings. The van der Waals surface area contributed by atoms with Crippen LogP contribution in [0.5, 0.6) is 5.75 Å². The number of nitro groups is 1. The van der Waals surface area contributed by atoms with Gasteiger partial charge < -0.3 is 4.74 Å². The fraction of sp³-hybridized carbons (Fsp3) is 0.0769. The summed E-state index contributed by atoms with van der Waals surface area (Å²) in [6.45, 7) is 0. The first kappa shape index (κ1) is 12.4. The lowest BCUT2D eigenvalue weighted by atomic mass is 10.0. The van der Waals surface area contributed by atoms with Crippen molar-refractivity contribution in [3.63, 3.8) is 0 Å². The molecule has 0 amide bonds. The first-order valence-corrected chi connectivity index (χ1v) is 5.58. The Bertz CT molecular complexity index is 599. The largest absolute Gasteiger partial charge is 0.496 e. The van der Waals surface area contributed by atoms with Gasteiger partial charge in [0.25, 0.3) is 5.69 Å². The van der Waals surface area contributed by atoms with Gasteiger partial charge in [0.05, 0.1) is 18.1 Å². The molecule has 0 saturated carbocycles. The van der Waals surface area contributed by atoms with Crippen LogP contribution < -0.4 is 4.74 Å². The number of nitro benzene ring substituents is 1. The number of halogens is 1. The highest BCUT2D eigenvalue weighted by molar-refractivity contribution is 6.33. The molecule has 0 radical (unpaired) electrons. The van der Waals surface area contributed by atoms with Gasteiger partial charge in [0.15, 0.2) is 0 Å². The average molecular weight is 264 g/mol. The molecule has 0 heterocycles. The van der Waals surface area contributed by atoms with Crippen molar-refractivity contribution in [3.05, 3.63) is 57.6 Å². The zero-order valence-corrected chi connectivity index (χ0v) is 10.3. The number of benzene rings is 2. The van der Waals surface area contributed by atoms with Crippen LogP contribution in [0.2, 0.25) is 5.02 Å². The van der Waals surface area contributed by atoms with Gasteiger partial charge in [-0.15, -0.1) is 0 Å². The van der Waals surface area contributed by atoms with E-state index in [0.717, 1.165) is 11.1 Å². The summed E-state index contributed by atoms with van der Waals surface area (Å²) >= 11 is 6.10. The van der Waals surface area contributed by atoms with Gasteiger partial charge in [-0.3, -0.25) is 10.1 Å². The molecule has 0 aliphatic heterocycles. The molecule has 92 valence electrons. The lowest BCUT2D eigenvalue weighted by molar-refractivity contribution is -0.384. The second kappa shape index (κ2) is 5.06. The molecule has 0 spiro atoms. The van der Waals surface area contributed by atoms with Gasteiger partial charge >= 0.3 is 0 Å². The lowest BCUT2D eigenvalue weighted by Crippen LogP contribution is -1.92. The fourth-order valence-corrected chi connectivity index (χ4v) is 1.93. The molecule has 2 rings (SSSR count). The maximum Gasteiger partial charge on any atom is 0.273 e. The summed E-state index contributed by atoms with van der Waals surface area (Å²) < 4.78 is 5.18. The van der Waals surface area contributed by atoms with E-state index >= 15 is 0 Å². The minimum absolute atomic E-state index is 0.0114. The van der Waals surface area contributed by atoms with E-state index in [1.165, 1.54) is 19.2 Å². The summed E-state index contributed by atoms with van der Waals surface area (Å²) in [5, 5.41) is 11.3. The monoisotopic (exact) mass is 263 g/mol. The molecule has 2 aromatic rings. The molecule has 0 unspecified atom stereocenters. The van der Waals surface area contributed by atoms with Crippen molar-refractivity contribution >= 4 is 17.3 Å². The van der Waals surface area contributed by atoms with E-state index < -0.39 is 4.92 Å². The molecule has 4 nitrogen and oxygen atoms in total. The highest BCUT2D eigenvalue weighted by Crippen LogP contribution is 2.36. The first-order valence-electron chi connectivity index (χ1n) is 5.21. The van der Waals surface area contributed by atoms with Crippen LogP contribution in [0, 0.1) is 10.1 Å². The Morgan fingerprint density at radius 3 is 2.50 bits per heavy atom. The van der Waals surface area contributed by atoms with Crippen LogP contribution >= 0.6 is 11.6 Å². The lowest BCUT2D eigenvalue weighted by Gasteiger charge is -2.09. The number of hydrogen-bond acceptors (Lipinski definition) is 3. The van der Waals surface area contributed by atoms with Gasteiger partial charge in [0, 0.05) is 22.2 Å². The minimum atomic E-state index is -0.459. The summed E-state index contributed by atoms with van der Waals surface area (Å²) in [6, 6.07) is 11.7. The quantitative estimate of drug-likeness (QED) is 0.623. The molecule has 0 N–H and O–H groups in total. The number of ether oxygens (including phenoxy) is 1. The SMILES string of the molecule is COc1cc([N+](=O)[O-])ccc1-c1ccccc1Cl. The van der Waals surface area contributed by atoms with Gasteiger partial charge in [0.2, 0.25) is 0 Å². The highest BCUT2D eigenvalue weighted by Gasteiger charge is 2.14. The van der Waals surface area contributed by atoms with Gasteiger partial charge in [0.1, 0.15) is 5.75 Å². The van der Waals surface area contributed by atoms with Crippen LogP contribution in [0.15, 0.2) is 42.5 Å². The molecule has 5 heteroatoms. The maximum absolute atomic E-state index is 10.7. The normalized spacial score (nSPS) is 10.1. The number of hydrogen-bond donors (Lipinski definition) is 0. The van der Waals surface area contributed by atoms with E-state index in [1.54, 1.807) is 12.1 Å². The van der Waals surface area contributed by atoms with E-state index in [0.29, 0.717) is 10.8 Å². The minimum Gasteiger partial charge on any atom is -0.496 e. The Morgan fingerprint density at radius 2 is 1.89 bits per heavy atom. The van der Waals surface area contributed by atoms with Crippen molar-refractivity contribution in [2.75, 3.05) is 7.11 Å². The molecule has 0 saturated heterocycles. The predicted molar refractivity (Wildman–Crippen MR) is 70.1 cm³/mol. The third kappa shape index (κ3) is 2.28. The van der Waals surface area contributed by atoms with Crippen molar-refractivity contribution in [2.24, 2.45) is 0 Å². The number of methoxy groups -OCH3 is 1. The van der Waals surface area contributed by atoms with Crippen molar-refractivity contribution in [1.29, 1.82) is 0 Å². The molecule has 2 aromatic carbocycles. The number of nitrogens with zero attached hydrogens (tertiary/aromatic N) is 1. The van der Waals surface area contributed by atoms with E-state index in [9.17, 15) is 10.1 Å². The Kier molecular flexibility index (Phi) is 3.48. The third-order valence-corrected chi connectivity index (χ3v) is 2.89. The van der Waals surface area contributed by atoms with Crippen molar-refractivity contribution in [3.8, 4) is 16.9 Å². The van der Waals surface area contributed by atoms with Gasteiger partial charge in [-0.2, -0.15) is 0 Å². The fourth-order valence-electron chi connectivity index (χ4n) is 1.70. The van der Waals surface area contributed by atoms with Crippen LogP contribution in [-0.4, -0.2) is 12.0 Å². The highest BCUT2D eigenvalue weighted by atomic mass is 35.5. The Labute approximate surface area is 109 Å². The van der Waals surface area contributed by atoms with E-state index in [2.05, 4.69) is 0 Å². The Hall–Kier alpha value is -2.07. The topological polar surface area (TPSA) is 52.4 Å². The van der Waals surface area contributed by atoms with Gasteiger partial charge in [-0.05, 0) is 12.1 Å². The zero-order chi connectivity index (χ0) is 13.1. The average Bonchev–Trinajstić information content (AvgIpc) is 2.38.